The lowest BCUT2D eigenvalue weighted by molar-refractivity contribution is 0.100. The van der Waals surface area contributed by atoms with Crippen molar-refractivity contribution in [3.8, 4) is 11.5 Å². The van der Waals surface area contributed by atoms with Gasteiger partial charge in [-0.15, -0.1) is 0 Å². The van der Waals surface area contributed by atoms with Gasteiger partial charge in [-0.25, -0.2) is 4.68 Å². The number of nitrogens with zero attached hydrogens (tertiary/aromatic N) is 2. The van der Waals surface area contributed by atoms with Crippen molar-refractivity contribution >= 4 is 23.2 Å². The van der Waals surface area contributed by atoms with Gasteiger partial charge in [-0.1, -0.05) is 25.4 Å². The number of rotatable bonds is 6. The summed E-state index contributed by atoms with van der Waals surface area (Å²) in [5.41, 5.74) is 2.57. The number of aryl methyl sites for hydroxylation is 1. The number of carbonyl (C=O) groups excluding carboxylic acids is 1. The van der Waals surface area contributed by atoms with Gasteiger partial charge in [-0.05, 0) is 66.4 Å². The van der Waals surface area contributed by atoms with Gasteiger partial charge >= 0.3 is 0 Å². The number of amides is 1. The largest absolute Gasteiger partial charge is 0.508 e. The van der Waals surface area contributed by atoms with Crippen molar-refractivity contribution in [2.75, 3.05) is 5.32 Å². The Balaban J connectivity index is 1.75. The van der Waals surface area contributed by atoms with Crippen LogP contribution in [0.3, 0.4) is 0 Å². The van der Waals surface area contributed by atoms with Gasteiger partial charge in [0.1, 0.15) is 17.2 Å². The third-order valence-corrected chi connectivity index (χ3v) is 4.61. The van der Waals surface area contributed by atoms with Gasteiger partial charge in [0.15, 0.2) is 6.73 Å². The van der Waals surface area contributed by atoms with Crippen molar-refractivity contribution in [3.05, 3.63) is 70.5 Å². The summed E-state index contributed by atoms with van der Waals surface area (Å²) in [6.45, 7) is 5.89. The molecule has 0 aliphatic carbocycles. The summed E-state index contributed by atoms with van der Waals surface area (Å²) in [7, 11) is 0. The Labute approximate surface area is 168 Å². The van der Waals surface area contributed by atoms with E-state index in [1.165, 1.54) is 4.68 Å². The van der Waals surface area contributed by atoms with Gasteiger partial charge in [0.25, 0.3) is 5.91 Å². The second kappa shape index (κ2) is 8.35. The number of aromatic nitrogens is 2. The molecule has 6 nitrogen and oxygen atoms in total. The van der Waals surface area contributed by atoms with Gasteiger partial charge in [-0.2, -0.15) is 5.10 Å². The van der Waals surface area contributed by atoms with Gasteiger partial charge in [0.2, 0.25) is 0 Å². The molecule has 1 aromatic heterocycles. The van der Waals surface area contributed by atoms with Crippen LogP contribution in [-0.4, -0.2) is 20.8 Å². The third-order valence-electron chi connectivity index (χ3n) is 4.36. The summed E-state index contributed by atoms with van der Waals surface area (Å²) in [4.78, 5) is 12.8. The summed E-state index contributed by atoms with van der Waals surface area (Å²) in [6.07, 6.45) is 1.54. The van der Waals surface area contributed by atoms with Gasteiger partial charge in [0, 0.05) is 16.9 Å². The first kappa shape index (κ1) is 19.8. The first-order chi connectivity index (χ1) is 13.3. The molecule has 7 heteroatoms. The maximum absolute atomic E-state index is 12.8. The van der Waals surface area contributed by atoms with Crippen LogP contribution in [0.5, 0.6) is 11.5 Å². The molecule has 0 atom stereocenters. The molecule has 1 amide bonds. The zero-order valence-electron chi connectivity index (χ0n) is 15.9. The Morgan fingerprint density at radius 2 is 1.96 bits per heavy atom. The predicted molar refractivity (Wildman–Crippen MR) is 109 cm³/mol. The van der Waals surface area contributed by atoms with Crippen molar-refractivity contribution in [3.63, 3.8) is 0 Å². The zero-order chi connectivity index (χ0) is 20.3. The number of aromatic hydroxyl groups is 1. The molecule has 0 bridgehead atoms. The van der Waals surface area contributed by atoms with Crippen LogP contribution in [-0.2, 0) is 6.73 Å². The van der Waals surface area contributed by atoms with E-state index in [4.69, 9.17) is 16.3 Å². The molecule has 2 N–H and O–H groups in total. The Hall–Kier alpha value is -2.99. The predicted octanol–water partition coefficient (Wildman–Crippen LogP) is 4.96. The van der Waals surface area contributed by atoms with Crippen LogP contribution in [0.25, 0.3) is 0 Å². The molecule has 0 unspecified atom stereocenters. The lowest BCUT2D eigenvalue weighted by Gasteiger charge is -2.15. The monoisotopic (exact) mass is 399 g/mol. The summed E-state index contributed by atoms with van der Waals surface area (Å²) in [5.74, 6) is 0.685. The molecule has 3 aromatic rings. The number of nitrogens with one attached hydrogen (secondary N) is 1. The van der Waals surface area contributed by atoms with Crippen LogP contribution in [0.1, 0.15) is 41.4 Å². The van der Waals surface area contributed by atoms with Crippen LogP contribution in [0.15, 0.2) is 48.7 Å². The third kappa shape index (κ3) is 4.46. The van der Waals surface area contributed by atoms with Crippen molar-refractivity contribution < 1.29 is 14.6 Å². The van der Waals surface area contributed by atoms with E-state index < -0.39 is 0 Å². The molecule has 28 heavy (non-hydrogen) atoms. The fourth-order valence-electron chi connectivity index (χ4n) is 2.79. The molecule has 0 saturated heterocycles. The second-order valence-corrected chi connectivity index (χ2v) is 7.21. The molecule has 3 rings (SSSR count). The lowest BCUT2D eigenvalue weighted by atomic mass is 9.99. The van der Waals surface area contributed by atoms with E-state index in [-0.39, 0.29) is 24.3 Å². The number of carbonyl (C=O) groups is 1. The number of phenols is 1. The average molecular weight is 400 g/mol. The molecule has 146 valence electrons. The van der Waals surface area contributed by atoms with Gasteiger partial charge in [0.05, 0.1) is 0 Å². The molecule has 0 aliphatic rings. The van der Waals surface area contributed by atoms with E-state index in [0.717, 1.165) is 11.1 Å². The molecule has 0 spiro atoms. The van der Waals surface area contributed by atoms with E-state index in [1.54, 1.807) is 48.7 Å². The Morgan fingerprint density at radius 1 is 1.25 bits per heavy atom. The highest BCUT2D eigenvalue weighted by Crippen LogP contribution is 2.31. The summed E-state index contributed by atoms with van der Waals surface area (Å²) in [6, 6.07) is 12.0. The first-order valence-corrected chi connectivity index (χ1v) is 9.28. The summed E-state index contributed by atoms with van der Waals surface area (Å²) < 4.78 is 7.14. The van der Waals surface area contributed by atoms with Crippen LogP contribution in [0.2, 0.25) is 5.02 Å². The standard InChI is InChI=1S/C21H22ClN3O3/c1-13(2)17-11-18(14(3)10-20(17)26)24-21(27)19-8-9-23-25(19)12-28-16-6-4-15(22)5-7-16/h4-11,13,26H,12H2,1-3H3,(H,24,27). The van der Waals surface area contributed by atoms with E-state index in [1.807, 2.05) is 20.8 Å². The molecule has 0 fully saturated rings. The molecule has 2 aromatic carbocycles. The number of hydrogen-bond acceptors (Lipinski definition) is 4. The highest BCUT2D eigenvalue weighted by molar-refractivity contribution is 6.30. The maximum Gasteiger partial charge on any atom is 0.274 e. The second-order valence-electron chi connectivity index (χ2n) is 6.78. The topological polar surface area (TPSA) is 76.4 Å². The van der Waals surface area contributed by atoms with Crippen LogP contribution in [0, 0.1) is 6.92 Å². The first-order valence-electron chi connectivity index (χ1n) is 8.90. The lowest BCUT2D eigenvalue weighted by Crippen LogP contribution is -2.20. The van der Waals surface area contributed by atoms with E-state index in [2.05, 4.69) is 10.4 Å². The summed E-state index contributed by atoms with van der Waals surface area (Å²) >= 11 is 5.87. The molecule has 0 radical (unpaired) electrons. The Bertz CT molecular complexity index is 981. The van der Waals surface area contributed by atoms with Crippen LogP contribution >= 0.6 is 11.6 Å². The Morgan fingerprint density at radius 3 is 2.64 bits per heavy atom. The van der Waals surface area contributed by atoms with Gasteiger partial charge < -0.3 is 15.2 Å². The molecule has 1 heterocycles. The SMILES string of the molecule is Cc1cc(O)c(C(C)C)cc1NC(=O)c1ccnn1COc1ccc(Cl)cc1. The van der Waals surface area contributed by atoms with Gasteiger partial charge in [-0.3, -0.25) is 4.79 Å². The minimum atomic E-state index is -0.305. The van der Waals surface area contributed by atoms with Crippen molar-refractivity contribution in [1.29, 1.82) is 0 Å². The molecule has 0 aliphatic heterocycles. The van der Waals surface area contributed by atoms with Crippen molar-refractivity contribution in [2.45, 2.75) is 33.4 Å². The van der Waals surface area contributed by atoms with Crippen LogP contribution in [0.4, 0.5) is 5.69 Å². The fraction of sp³-hybridized carbons (Fsp3) is 0.238. The number of halogens is 1. The molecular formula is C21H22ClN3O3. The number of benzene rings is 2. The number of hydrogen-bond donors (Lipinski definition) is 2. The van der Waals surface area contributed by atoms with Crippen molar-refractivity contribution in [1.82, 2.24) is 9.78 Å². The normalized spacial score (nSPS) is 10.9. The minimum absolute atomic E-state index is 0.0865. The number of phenolic OH excluding ortho intramolecular Hbond substituents is 1. The van der Waals surface area contributed by atoms with Crippen molar-refractivity contribution in [2.24, 2.45) is 0 Å². The fourth-order valence-corrected chi connectivity index (χ4v) is 2.91. The molecular weight excluding hydrogens is 378 g/mol. The van der Waals surface area contributed by atoms with Crippen LogP contribution < -0.4 is 10.1 Å². The minimum Gasteiger partial charge on any atom is -0.508 e. The molecule has 0 saturated carbocycles. The highest BCUT2D eigenvalue weighted by Gasteiger charge is 2.16. The van der Waals surface area contributed by atoms with E-state index in [9.17, 15) is 9.90 Å². The van der Waals surface area contributed by atoms with E-state index >= 15 is 0 Å². The summed E-state index contributed by atoms with van der Waals surface area (Å²) in [5, 5.41) is 17.8. The number of anilines is 1. The van der Waals surface area contributed by atoms with E-state index in [0.29, 0.717) is 22.2 Å². The maximum atomic E-state index is 12.8. The Kier molecular flexibility index (Phi) is 5.90. The average Bonchev–Trinajstić information content (AvgIpc) is 3.12. The quantitative estimate of drug-likeness (QED) is 0.574. The number of ether oxygens (including phenoxy) is 1. The smallest absolute Gasteiger partial charge is 0.274 e. The zero-order valence-corrected chi connectivity index (χ0v) is 16.7. The highest BCUT2D eigenvalue weighted by atomic mass is 35.5.